The minimum Gasteiger partial charge on any atom is -0.347 e. The summed E-state index contributed by atoms with van der Waals surface area (Å²) in [4.78, 5) is 3.26. The summed E-state index contributed by atoms with van der Waals surface area (Å²) in [7, 11) is 0. The zero-order valence-corrected chi connectivity index (χ0v) is 15.7. The molecule has 27 heavy (non-hydrogen) atoms. The number of benzene rings is 1. The highest BCUT2D eigenvalue weighted by atomic mass is 32.1. The van der Waals surface area contributed by atoms with Crippen LogP contribution in [0.4, 0.5) is 18.9 Å². The van der Waals surface area contributed by atoms with E-state index in [1.165, 1.54) is 17.0 Å². The lowest BCUT2D eigenvalue weighted by Crippen LogP contribution is -2.44. The van der Waals surface area contributed by atoms with Gasteiger partial charge in [-0.15, -0.1) is 11.3 Å². The number of hydrogen-bond acceptors (Lipinski definition) is 2. The molecule has 1 unspecified atom stereocenters. The summed E-state index contributed by atoms with van der Waals surface area (Å²) in [6.45, 7) is 1.52. The fourth-order valence-corrected chi connectivity index (χ4v) is 4.45. The molecule has 0 aliphatic carbocycles. The van der Waals surface area contributed by atoms with E-state index < -0.39 is 11.7 Å². The van der Waals surface area contributed by atoms with Crippen molar-refractivity contribution in [1.29, 1.82) is 0 Å². The number of alkyl halides is 3. The Bertz CT molecular complexity index is 930. The molecule has 1 aliphatic rings. The molecule has 1 atom stereocenters. The second kappa shape index (κ2) is 7.01. The number of halogens is 3. The Kier molecular flexibility index (Phi) is 4.69. The number of thiophene rings is 1. The van der Waals surface area contributed by atoms with Gasteiger partial charge in [0.05, 0.1) is 5.56 Å². The lowest BCUT2D eigenvalue weighted by atomic mass is 10.1. The number of aromatic nitrogens is 1. The van der Waals surface area contributed by atoms with E-state index in [1.807, 2.05) is 17.5 Å². The van der Waals surface area contributed by atoms with Gasteiger partial charge in [-0.25, -0.2) is 0 Å². The monoisotopic (exact) mass is 407 g/mol. The normalized spacial score (nSPS) is 16.9. The molecular formula is C19H16F3N3S2. The van der Waals surface area contributed by atoms with Crippen LogP contribution >= 0.6 is 23.6 Å². The minimum atomic E-state index is -4.35. The van der Waals surface area contributed by atoms with Gasteiger partial charge in [-0.2, -0.15) is 13.2 Å². The van der Waals surface area contributed by atoms with E-state index in [9.17, 15) is 13.2 Å². The molecule has 3 aromatic rings. The van der Waals surface area contributed by atoms with Crippen molar-refractivity contribution in [3.8, 4) is 0 Å². The lowest BCUT2D eigenvalue weighted by Gasteiger charge is -2.38. The Balaban J connectivity index is 1.57. The molecule has 0 spiro atoms. The van der Waals surface area contributed by atoms with Gasteiger partial charge in [0.25, 0.3) is 0 Å². The zero-order chi connectivity index (χ0) is 19.0. The van der Waals surface area contributed by atoms with Crippen LogP contribution in [-0.2, 0) is 12.7 Å². The van der Waals surface area contributed by atoms with Crippen LogP contribution in [0.25, 0.3) is 0 Å². The van der Waals surface area contributed by atoms with Crippen LogP contribution in [0.2, 0.25) is 0 Å². The molecule has 1 aromatic carbocycles. The maximum absolute atomic E-state index is 12.7. The highest BCUT2D eigenvalue weighted by molar-refractivity contribution is 7.80. The van der Waals surface area contributed by atoms with Crippen LogP contribution in [0.15, 0.2) is 60.1 Å². The first kappa shape index (κ1) is 18.1. The molecule has 140 valence electrons. The molecule has 8 heteroatoms. The van der Waals surface area contributed by atoms with Gasteiger partial charge < -0.3 is 14.8 Å². The van der Waals surface area contributed by atoms with Crippen molar-refractivity contribution in [3.63, 3.8) is 0 Å². The molecule has 0 saturated carbocycles. The largest absolute Gasteiger partial charge is 0.416 e. The van der Waals surface area contributed by atoms with Gasteiger partial charge in [0.15, 0.2) is 5.11 Å². The third-order valence-electron chi connectivity index (χ3n) is 4.58. The summed E-state index contributed by atoms with van der Waals surface area (Å²) in [6, 6.07) is 13.1. The summed E-state index contributed by atoms with van der Waals surface area (Å²) in [5.74, 6) is 0. The van der Waals surface area contributed by atoms with Crippen LogP contribution in [0.5, 0.6) is 0 Å². The van der Waals surface area contributed by atoms with Crippen molar-refractivity contribution in [2.24, 2.45) is 0 Å². The summed E-state index contributed by atoms with van der Waals surface area (Å²) in [6.07, 6.45) is -2.29. The molecule has 0 fully saturated rings. The van der Waals surface area contributed by atoms with Crippen LogP contribution in [0, 0.1) is 0 Å². The Labute approximate surface area is 164 Å². The predicted molar refractivity (Wildman–Crippen MR) is 105 cm³/mol. The maximum atomic E-state index is 12.7. The number of nitrogens with one attached hydrogen (secondary N) is 1. The van der Waals surface area contributed by atoms with Crippen LogP contribution in [0.3, 0.4) is 0 Å². The van der Waals surface area contributed by atoms with Gasteiger partial charge in [0.2, 0.25) is 0 Å². The van der Waals surface area contributed by atoms with E-state index in [-0.39, 0.29) is 6.04 Å². The van der Waals surface area contributed by atoms with Crippen molar-refractivity contribution in [2.45, 2.75) is 18.8 Å². The standard InChI is InChI=1S/C19H16F3N3S2/c20-19(21,22)13-5-7-14(8-6-13)23-18(26)25-11-10-24-9-1-3-15(24)17(25)16-4-2-12-27-16/h1-9,12,17H,10-11H2,(H,23,26). The Morgan fingerprint density at radius 1 is 1.07 bits per heavy atom. The highest BCUT2D eigenvalue weighted by Crippen LogP contribution is 2.35. The first-order chi connectivity index (χ1) is 12.9. The average molecular weight is 407 g/mol. The molecule has 3 heterocycles. The lowest BCUT2D eigenvalue weighted by molar-refractivity contribution is -0.137. The molecule has 4 rings (SSSR count). The third kappa shape index (κ3) is 3.59. The molecular weight excluding hydrogens is 391 g/mol. The number of nitrogens with zero attached hydrogens (tertiary/aromatic N) is 2. The average Bonchev–Trinajstić information content (AvgIpc) is 3.32. The van der Waals surface area contributed by atoms with Crippen molar-refractivity contribution >= 4 is 34.4 Å². The quantitative estimate of drug-likeness (QED) is 0.577. The first-order valence-corrected chi connectivity index (χ1v) is 9.65. The number of hydrogen-bond donors (Lipinski definition) is 1. The van der Waals surface area contributed by atoms with E-state index in [1.54, 1.807) is 11.3 Å². The predicted octanol–water partition coefficient (Wildman–Crippen LogP) is 5.37. The van der Waals surface area contributed by atoms with Crippen molar-refractivity contribution in [1.82, 2.24) is 9.47 Å². The van der Waals surface area contributed by atoms with E-state index in [0.29, 0.717) is 10.8 Å². The number of fused-ring (bicyclic) bond motifs is 1. The molecule has 3 nitrogen and oxygen atoms in total. The summed E-state index contributed by atoms with van der Waals surface area (Å²) in [5.41, 5.74) is 1.02. The zero-order valence-electron chi connectivity index (χ0n) is 14.1. The van der Waals surface area contributed by atoms with Gasteiger partial charge in [-0.1, -0.05) is 6.07 Å². The van der Waals surface area contributed by atoms with Crippen molar-refractivity contribution < 1.29 is 13.2 Å². The number of thiocarbonyl (C=S) groups is 1. The van der Waals surface area contributed by atoms with Gasteiger partial charge >= 0.3 is 6.18 Å². The first-order valence-electron chi connectivity index (χ1n) is 8.37. The molecule has 0 saturated heterocycles. The Hall–Kier alpha value is -2.32. The highest BCUT2D eigenvalue weighted by Gasteiger charge is 2.32. The van der Waals surface area contributed by atoms with Gasteiger partial charge in [-0.3, -0.25) is 0 Å². The van der Waals surface area contributed by atoms with Gasteiger partial charge in [0, 0.05) is 35.5 Å². The Morgan fingerprint density at radius 2 is 1.85 bits per heavy atom. The van der Waals surface area contributed by atoms with Crippen LogP contribution in [0.1, 0.15) is 22.2 Å². The molecule has 1 aliphatic heterocycles. The van der Waals surface area contributed by atoms with Gasteiger partial charge in [-0.05, 0) is 60.1 Å². The van der Waals surface area contributed by atoms with E-state index in [0.717, 1.165) is 30.9 Å². The summed E-state index contributed by atoms with van der Waals surface area (Å²) in [5, 5.41) is 5.62. The summed E-state index contributed by atoms with van der Waals surface area (Å²) >= 11 is 7.27. The Morgan fingerprint density at radius 3 is 2.52 bits per heavy atom. The molecule has 0 bridgehead atoms. The smallest absolute Gasteiger partial charge is 0.347 e. The van der Waals surface area contributed by atoms with Crippen LogP contribution in [-0.4, -0.2) is 21.1 Å². The molecule has 2 aromatic heterocycles. The fraction of sp³-hybridized carbons (Fsp3) is 0.211. The van der Waals surface area contributed by atoms with Crippen molar-refractivity contribution in [3.05, 3.63) is 76.2 Å². The van der Waals surface area contributed by atoms with E-state index >= 15 is 0 Å². The summed E-state index contributed by atoms with van der Waals surface area (Å²) < 4.78 is 40.4. The third-order valence-corrected chi connectivity index (χ3v) is 5.84. The van der Waals surface area contributed by atoms with E-state index in [2.05, 4.69) is 33.1 Å². The number of anilines is 1. The molecule has 0 radical (unpaired) electrons. The van der Waals surface area contributed by atoms with Crippen LogP contribution < -0.4 is 5.32 Å². The SMILES string of the molecule is FC(F)(F)c1ccc(NC(=S)N2CCn3cccc3C2c2cccs2)cc1. The minimum absolute atomic E-state index is 0.0109. The van der Waals surface area contributed by atoms with Gasteiger partial charge in [0.1, 0.15) is 6.04 Å². The molecule has 1 N–H and O–H groups in total. The second-order valence-electron chi connectivity index (χ2n) is 6.24. The topological polar surface area (TPSA) is 20.2 Å². The maximum Gasteiger partial charge on any atom is 0.416 e. The fourth-order valence-electron chi connectivity index (χ4n) is 3.29. The van der Waals surface area contributed by atoms with E-state index in [4.69, 9.17) is 12.2 Å². The molecule has 0 amide bonds. The second-order valence-corrected chi connectivity index (χ2v) is 7.61. The number of rotatable bonds is 2. The van der Waals surface area contributed by atoms with Crippen molar-refractivity contribution in [2.75, 3.05) is 11.9 Å².